The second kappa shape index (κ2) is 8.81. The molecule has 0 saturated heterocycles. The summed E-state index contributed by atoms with van der Waals surface area (Å²) in [5, 5.41) is 4.70. The molecule has 166 valence electrons. The molecule has 2 aromatic heterocycles. The second-order valence-electron chi connectivity index (χ2n) is 7.28. The number of thiazole rings is 1. The Hall–Kier alpha value is -3.08. The Labute approximate surface area is 189 Å². The molecule has 32 heavy (non-hydrogen) atoms. The van der Waals surface area contributed by atoms with E-state index in [4.69, 9.17) is 0 Å². The van der Waals surface area contributed by atoms with Gasteiger partial charge in [0.25, 0.3) is 5.91 Å². The number of imidazole rings is 1. The van der Waals surface area contributed by atoms with Crippen molar-refractivity contribution < 1.29 is 17.6 Å². The lowest BCUT2D eigenvalue weighted by atomic mass is 10.1. The molecule has 0 bridgehead atoms. The minimum atomic E-state index is -3.66. The predicted octanol–water partition coefficient (Wildman–Crippen LogP) is 4.53. The van der Waals surface area contributed by atoms with E-state index >= 15 is 0 Å². The monoisotopic (exact) mass is 472 g/mol. The summed E-state index contributed by atoms with van der Waals surface area (Å²) < 4.78 is 42.5. The van der Waals surface area contributed by atoms with Gasteiger partial charge in [-0.15, -0.1) is 11.3 Å². The van der Waals surface area contributed by atoms with Gasteiger partial charge in [0.15, 0.2) is 4.96 Å². The number of sulfonamides is 1. The first kappa shape index (κ1) is 22.1. The third-order valence-corrected chi connectivity index (χ3v) is 7.37. The summed E-state index contributed by atoms with van der Waals surface area (Å²) >= 11 is 1.41. The molecule has 2 N–H and O–H groups in total. The Morgan fingerprint density at radius 2 is 1.84 bits per heavy atom. The van der Waals surface area contributed by atoms with Crippen molar-refractivity contribution >= 4 is 38.0 Å². The smallest absolute Gasteiger partial charge is 0.256 e. The van der Waals surface area contributed by atoms with E-state index in [1.165, 1.54) is 47.7 Å². The van der Waals surface area contributed by atoms with Crippen LogP contribution in [0.3, 0.4) is 0 Å². The molecule has 0 aliphatic carbocycles. The van der Waals surface area contributed by atoms with Crippen molar-refractivity contribution in [3.8, 4) is 11.3 Å². The van der Waals surface area contributed by atoms with Crippen LogP contribution in [0.15, 0.2) is 65.0 Å². The maximum absolute atomic E-state index is 13.3. The number of aromatic nitrogens is 2. The quantitative estimate of drug-likeness (QED) is 0.413. The first-order valence-corrected chi connectivity index (χ1v) is 12.3. The van der Waals surface area contributed by atoms with Gasteiger partial charge in [-0.05, 0) is 61.9 Å². The van der Waals surface area contributed by atoms with Gasteiger partial charge in [0.05, 0.1) is 4.90 Å². The third kappa shape index (κ3) is 4.43. The number of nitrogens with zero attached hydrogens (tertiary/aromatic N) is 2. The fraction of sp³-hybridized carbons (Fsp3) is 0.182. The predicted molar refractivity (Wildman–Crippen MR) is 123 cm³/mol. The van der Waals surface area contributed by atoms with Crippen LogP contribution < -0.4 is 10.0 Å². The lowest BCUT2D eigenvalue weighted by molar-refractivity contribution is 0.102. The van der Waals surface area contributed by atoms with Crippen LogP contribution in [0.5, 0.6) is 0 Å². The summed E-state index contributed by atoms with van der Waals surface area (Å²) in [6.07, 6.45) is 2.45. The molecule has 0 radical (unpaired) electrons. The second-order valence-corrected chi connectivity index (χ2v) is 9.87. The summed E-state index contributed by atoms with van der Waals surface area (Å²) in [6, 6.07) is 11.4. The maximum atomic E-state index is 13.3. The highest BCUT2D eigenvalue weighted by atomic mass is 32.2. The van der Waals surface area contributed by atoms with E-state index in [9.17, 15) is 17.6 Å². The summed E-state index contributed by atoms with van der Waals surface area (Å²) in [4.78, 5) is 18.3. The van der Waals surface area contributed by atoms with Crippen LogP contribution in [-0.2, 0) is 10.0 Å². The molecule has 0 saturated carbocycles. The van der Waals surface area contributed by atoms with E-state index in [-0.39, 0.29) is 16.8 Å². The highest BCUT2D eigenvalue weighted by molar-refractivity contribution is 7.89. The Balaban J connectivity index is 1.61. The topological polar surface area (TPSA) is 92.6 Å². The first-order chi connectivity index (χ1) is 15.3. The fourth-order valence-corrected chi connectivity index (χ4v) is 5.14. The highest BCUT2D eigenvalue weighted by Crippen LogP contribution is 2.31. The number of halogens is 1. The minimum absolute atomic E-state index is 0.0888. The molecule has 0 aliphatic rings. The summed E-state index contributed by atoms with van der Waals surface area (Å²) in [5.41, 5.74) is 1.47. The van der Waals surface area contributed by atoms with Crippen molar-refractivity contribution in [1.29, 1.82) is 0 Å². The number of amides is 1. The zero-order chi connectivity index (χ0) is 22.9. The average Bonchev–Trinajstić information content (AvgIpc) is 3.36. The summed E-state index contributed by atoms with van der Waals surface area (Å²) in [5.74, 6) is -0.327. The average molecular weight is 473 g/mol. The number of anilines is 1. The number of rotatable bonds is 7. The SMILES string of the molecule is CCC(C)NS(=O)(=O)c1ccc(C(=O)Nc2c(-c3ccc(F)cc3)nc3sccn23)cc1. The van der Waals surface area contributed by atoms with Gasteiger partial charge in [-0.2, -0.15) is 0 Å². The third-order valence-electron chi connectivity index (χ3n) is 5.01. The van der Waals surface area contributed by atoms with Gasteiger partial charge >= 0.3 is 0 Å². The lowest BCUT2D eigenvalue weighted by Crippen LogP contribution is -2.32. The van der Waals surface area contributed by atoms with E-state index in [0.29, 0.717) is 34.0 Å². The molecule has 1 unspecified atom stereocenters. The van der Waals surface area contributed by atoms with E-state index in [1.807, 2.05) is 12.3 Å². The molecule has 1 amide bonds. The van der Waals surface area contributed by atoms with Crippen LogP contribution in [0.25, 0.3) is 16.2 Å². The van der Waals surface area contributed by atoms with E-state index < -0.39 is 15.9 Å². The molecule has 10 heteroatoms. The molecular weight excluding hydrogens is 451 g/mol. The van der Waals surface area contributed by atoms with E-state index in [0.717, 1.165) is 0 Å². The van der Waals surface area contributed by atoms with Crippen molar-refractivity contribution in [3.63, 3.8) is 0 Å². The molecule has 2 heterocycles. The van der Waals surface area contributed by atoms with E-state index in [1.54, 1.807) is 29.7 Å². The number of hydrogen-bond donors (Lipinski definition) is 2. The van der Waals surface area contributed by atoms with Gasteiger partial charge in [-0.3, -0.25) is 9.20 Å². The lowest BCUT2D eigenvalue weighted by Gasteiger charge is -2.12. The van der Waals surface area contributed by atoms with Crippen LogP contribution in [0.1, 0.15) is 30.6 Å². The molecule has 0 aliphatic heterocycles. The Morgan fingerprint density at radius 1 is 1.16 bits per heavy atom. The molecular formula is C22H21FN4O3S2. The van der Waals surface area contributed by atoms with Crippen molar-refractivity contribution in [3.05, 3.63) is 71.5 Å². The Kier molecular flexibility index (Phi) is 6.09. The maximum Gasteiger partial charge on any atom is 0.256 e. The largest absolute Gasteiger partial charge is 0.306 e. The normalized spacial score (nSPS) is 12.7. The highest BCUT2D eigenvalue weighted by Gasteiger charge is 2.20. The number of fused-ring (bicyclic) bond motifs is 1. The Morgan fingerprint density at radius 3 is 2.50 bits per heavy atom. The minimum Gasteiger partial charge on any atom is -0.306 e. The van der Waals surface area contributed by atoms with Crippen LogP contribution in [0.4, 0.5) is 10.2 Å². The first-order valence-electron chi connectivity index (χ1n) is 9.93. The molecule has 1 atom stereocenters. The number of nitrogens with one attached hydrogen (secondary N) is 2. The van der Waals surface area contributed by atoms with Crippen molar-refractivity contribution in [2.45, 2.75) is 31.2 Å². The fourth-order valence-electron chi connectivity index (χ4n) is 3.10. The molecule has 0 spiro atoms. The van der Waals surface area contributed by atoms with Gasteiger partial charge < -0.3 is 5.32 Å². The van der Waals surface area contributed by atoms with Gasteiger partial charge in [0, 0.05) is 28.7 Å². The summed E-state index contributed by atoms with van der Waals surface area (Å²) in [7, 11) is -3.66. The number of carbonyl (C=O) groups is 1. The molecule has 4 aromatic rings. The number of benzene rings is 2. The zero-order valence-electron chi connectivity index (χ0n) is 17.4. The van der Waals surface area contributed by atoms with Crippen molar-refractivity contribution in [2.24, 2.45) is 0 Å². The number of hydrogen-bond acceptors (Lipinski definition) is 5. The van der Waals surface area contributed by atoms with Crippen molar-refractivity contribution in [1.82, 2.24) is 14.1 Å². The molecule has 2 aromatic carbocycles. The van der Waals surface area contributed by atoms with Crippen LogP contribution >= 0.6 is 11.3 Å². The Bertz CT molecular complexity index is 1360. The number of carbonyl (C=O) groups excluding carboxylic acids is 1. The zero-order valence-corrected chi connectivity index (χ0v) is 19.0. The van der Waals surface area contributed by atoms with Crippen LogP contribution in [0, 0.1) is 5.82 Å². The van der Waals surface area contributed by atoms with Crippen LogP contribution in [0.2, 0.25) is 0 Å². The van der Waals surface area contributed by atoms with Gasteiger partial charge in [-0.25, -0.2) is 22.5 Å². The van der Waals surface area contributed by atoms with Gasteiger partial charge in [0.1, 0.15) is 17.3 Å². The van der Waals surface area contributed by atoms with Crippen molar-refractivity contribution in [2.75, 3.05) is 5.32 Å². The van der Waals surface area contributed by atoms with E-state index in [2.05, 4.69) is 15.0 Å². The van der Waals surface area contributed by atoms with Gasteiger partial charge in [-0.1, -0.05) is 6.92 Å². The molecule has 4 rings (SSSR count). The van der Waals surface area contributed by atoms with Crippen LogP contribution in [-0.4, -0.2) is 29.8 Å². The standard InChI is InChI=1S/C22H21FN4O3S2/c1-3-14(2)26-32(29,30)18-10-6-16(7-11-18)21(28)25-20-19(15-4-8-17(23)9-5-15)24-22-27(20)12-13-31-22/h4-14,26H,3H2,1-2H3,(H,25,28). The van der Waals surface area contributed by atoms with Gasteiger partial charge in [0.2, 0.25) is 10.0 Å². The molecule has 0 fully saturated rings. The molecule has 7 nitrogen and oxygen atoms in total. The summed E-state index contributed by atoms with van der Waals surface area (Å²) in [6.45, 7) is 3.68.